The monoisotopic (exact) mass is 389 g/mol. The van der Waals surface area contributed by atoms with Crippen LogP contribution in [0.3, 0.4) is 0 Å². The van der Waals surface area contributed by atoms with Gasteiger partial charge in [-0.1, -0.05) is 48.3 Å². The Hall–Kier alpha value is -1.86. The molecule has 2 aromatic heterocycles. The summed E-state index contributed by atoms with van der Waals surface area (Å²) >= 11 is 8.02. The van der Waals surface area contributed by atoms with Crippen molar-refractivity contribution in [3.05, 3.63) is 41.1 Å². The minimum atomic E-state index is -0.000326. The van der Waals surface area contributed by atoms with Crippen LogP contribution in [0.1, 0.15) is 55.7 Å². The lowest BCUT2D eigenvalue weighted by molar-refractivity contribution is 0.466. The minimum absolute atomic E-state index is 0.000326. The molecular weight excluding hydrogens is 370 g/mol. The topological polar surface area (TPSA) is 69.6 Å². The zero-order valence-electron chi connectivity index (χ0n) is 14.7. The van der Waals surface area contributed by atoms with Crippen molar-refractivity contribution in [2.75, 3.05) is 0 Å². The summed E-state index contributed by atoms with van der Waals surface area (Å²) in [6, 6.07) is 8.19. The van der Waals surface area contributed by atoms with Gasteiger partial charge in [0.25, 0.3) is 0 Å². The molecule has 0 bridgehead atoms. The highest BCUT2D eigenvalue weighted by atomic mass is 35.5. The molecule has 0 radical (unpaired) electrons. The van der Waals surface area contributed by atoms with Crippen LogP contribution in [-0.4, -0.2) is 25.0 Å². The van der Waals surface area contributed by atoms with Crippen LogP contribution in [0.25, 0.3) is 11.4 Å². The van der Waals surface area contributed by atoms with Crippen molar-refractivity contribution in [1.82, 2.24) is 25.0 Å². The zero-order valence-corrected chi connectivity index (χ0v) is 16.3. The van der Waals surface area contributed by atoms with Crippen LogP contribution in [0.4, 0.5) is 0 Å². The third-order valence-electron chi connectivity index (χ3n) is 4.64. The van der Waals surface area contributed by atoms with Crippen molar-refractivity contribution in [3.63, 3.8) is 0 Å². The number of hydrogen-bond donors (Lipinski definition) is 0. The quantitative estimate of drug-likeness (QED) is 0.554. The van der Waals surface area contributed by atoms with Gasteiger partial charge in [-0.2, -0.15) is 0 Å². The molecule has 1 fully saturated rings. The second-order valence-electron chi connectivity index (χ2n) is 6.51. The van der Waals surface area contributed by atoms with Gasteiger partial charge in [-0.05, 0) is 31.9 Å². The molecule has 26 heavy (non-hydrogen) atoms. The number of rotatable bonds is 5. The van der Waals surface area contributed by atoms with Crippen molar-refractivity contribution in [2.45, 2.75) is 56.0 Å². The van der Waals surface area contributed by atoms with E-state index in [-0.39, 0.29) is 5.25 Å². The summed E-state index contributed by atoms with van der Waals surface area (Å²) in [4.78, 5) is 0. The lowest BCUT2D eigenvalue weighted by Gasteiger charge is -2.18. The number of benzene rings is 1. The molecular formula is C18H20ClN5OS. The van der Waals surface area contributed by atoms with E-state index in [4.69, 9.17) is 16.0 Å². The standard InChI is InChI=1S/C18H20ClN5OS/c1-11(17-22-20-12(2)25-17)26-18-23-21-16(14-9-5-6-10-15(14)19)24(18)13-7-3-4-8-13/h5-6,9-11,13H,3-4,7-8H2,1-2H3. The van der Waals surface area contributed by atoms with Crippen LogP contribution in [0.15, 0.2) is 33.8 Å². The van der Waals surface area contributed by atoms with Crippen LogP contribution >= 0.6 is 23.4 Å². The van der Waals surface area contributed by atoms with Crippen LogP contribution in [0, 0.1) is 6.92 Å². The van der Waals surface area contributed by atoms with E-state index in [0.717, 1.165) is 29.4 Å². The Morgan fingerprint density at radius 2 is 1.92 bits per heavy atom. The maximum atomic E-state index is 6.43. The normalized spacial score (nSPS) is 16.3. The van der Waals surface area contributed by atoms with E-state index in [2.05, 4.69) is 25.0 Å². The predicted octanol–water partition coefficient (Wildman–Crippen LogP) is 5.26. The molecule has 1 aliphatic carbocycles. The average Bonchev–Trinajstić information content (AvgIpc) is 3.35. The molecule has 0 amide bonds. The zero-order chi connectivity index (χ0) is 18.1. The molecule has 4 rings (SSSR count). The fourth-order valence-electron chi connectivity index (χ4n) is 3.36. The van der Waals surface area contributed by atoms with Crippen LogP contribution in [0.5, 0.6) is 0 Å². The molecule has 8 heteroatoms. The van der Waals surface area contributed by atoms with Gasteiger partial charge in [-0.3, -0.25) is 4.57 Å². The summed E-state index contributed by atoms with van der Waals surface area (Å²) in [6.45, 7) is 3.84. The van der Waals surface area contributed by atoms with Crippen molar-refractivity contribution in [3.8, 4) is 11.4 Å². The largest absolute Gasteiger partial charge is 0.424 e. The average molecular weight is 390 g/mol. The first kappa shape index (κ1) is 17.5. The van der Waals surface area contributed by atoms with E-state index in [1.165, 1.54) is 12.8 Å². The minimum Gasteiger partial charge on any atom is -0.424 e. The highest BCUT2D eigenvalue weighted by molar-refractivity contribution is 7.99. The molecule has 0 spiro atoms. The molecule has 1 unspecified atom stereocenters. The summed E-state index contributed by atoms with van der Waals surface area (Å²) in [6.07, 6.45) is 4.73. The van der Waals surface area contributed by atoms with Crippen molar-refractivity contribution in [2.24, 2.45) is 0 Å². The molecule has 6 nitrogen and oxygen atoms in total. The second kappa shape index (κ2) is 7.40. The number of thioether (sulfide) groups is 1. The smallest absolute Gasteiger partial charge is 0.229 e. The summed E-state index contributed by atoms with van der Waals surface area (Å²) in [5.41, 5.74) is 0.918. The Balaban J connectivity index is 1.71. The molecule has 1 aliphatic rings. The Morgan fingerprint density at radius 1 is 1.15 bits per heavy atom. The summed E-state index contributed by atoms with van der Waals surface area (Å²) in [7, 11) is 0. The number of hydrogen-bond acceptors (Lipinski definition) is 6. The SMILES string of the molecule is Cc1nnc(C(C)Sc2nnc(-c3ccccc3Cl)n2C2CCCC2)o1. The van der Waals surface area contributed by atoms with E-state index in [9.17, 15) is 0 Å². The fraction of sp³-hybridized carbons (Fsp3) is 0.444. The first-order valence-corrected chi connectivity index (χ1v) is 10.1. The van der Waals surface area contributed by atoms with Gasteiger partial charge in [0, 0.05) is 18.5 Å². The summed E-state index contributed by atoms with van der Waals surface area (Å²) in [5, 5.41) is 18.6. The highest BCUT2D eigenvalue weighted by Crippen LogP contribution is 2.41. The molecule has 136 valence electrons. The molecule has 1 atom stereocenters. The number of aryl methyl sites for hydroxylation is 1. The fourth-order valence-corrected chi connectivity index (χ4v) is 4.53. The molecule has 1 saturated carbocycles. The highest BCUT2D eigenvalue weighted by Gasteiger charge is 2.27. The summed E-state index contributed by atoms with van der Waals surface area (Å²) < 4.78 is 7.82. The Labute approximate surface area is 161 Å². The first-order valence-electron chi connectivity index (χ1n) is 8.80. The van der Waals surface area contributed by atoms with Crippen LogP contribution in [0.2, 0.25) is 5.02 Å². The Morgan fingerprint density at radius 3 is 2.62 bits per heavy atom. The van der Waals surface area contributed by atoms with Gasteiger partial charge in [0.15, 0.2) is 11.0 Å². The van der Waals surface area contributed by atoms with Gasteiger partial charge in [-0.25, -0.2) is 0 Å². The van der Waals surface area contributed by atoms with Gasteiger partial charge >= 0.3 is 0 Å². The van der Waals surface area contributed by atoms with E-state index < -0.39 is 0 Å². The van der Waals surface area contributed by atoms with Gasteiger partial charge in [0.1, 0.15) is 0 Å². The lowest BCUT2D eigenvalue weighted by Crippen LogP contribution is -2.09. The first-order chi connectivity index (χ1) is 12.6. The molecule has 2 heterocycles. The number of nitrogens with zero attached hydrogens (tertiary/aromatic N) is 5. The molecule has 1 aromatic carbocycles. The van der Waals surface area contributed by atoms with E-state index in [1.807, 2.05) is 31.2 Å². The third-order valence-corrected chi connectivity index (χ3v) is 6.01. The van der Waals surface area contributed by atoms with E-state index in [0.29, 0.717) is 22.8 Å². The van der Waals surface area contributed by atoms with Crippen molar-refractivity contribution in [1.29, 1.82) is 0 Å². The Kier molecular flexibility index (Phi) is 5.00. The van der Waals surface area contributed by atoms with Crippen molar-refractivity contribution < 1.29 is 4.42 Å². The van der Waals surface area contributed by atoms with E-state index >= 15 is 0 Å². The number of aromatic nitrogens is 5. The molecule has 0 saturated heterocycles. The number of halogens is 1. The van der Waals surface area contributed by atoms with Gasteiger partial charge in [0.2, 0.25) is 11.8 Å². The van der Waals surface area contributed by atoms with E-state index in [1.54, 1.807) is 18.7 Å². The second-order valence-corrected chi connectivity index (χ2v) is 8.23. The molecule has 3 aromatic rings. The third kappa shape index (κ3) is 3.38. The predicted molar refractivity (Wildman–Crippen MR) is 101 cm³/mol. The van der Waals surface area contributed by atoms with Crippen molar-refractivity contribution >= 4 is 23.4 Å². The Bertz CT molecular complexity index is 903. The van der Waals surface area contributed by atoms with Crippen LogP contribution < -0.4 is 0 Å². The maximum Gasteiger partial charge on any atom is 0.229 e. The van der Waals surface area contributed by atoms with Gasteiger partial charge < -0.3 is 4.42 Å². The lowest BCUT2D eigenvalue weighted by atomic mass is 10.2. The van der Waals surface area contributed by atoms with Gasteiger partial charge in [-0.15, -0.1) is 20.4 Å². The summed E-state index contributed by atoms with van der Waals surface area (Å²) in [5.74, 6) is 2.01. The molecule has 0 N–H and O–H groups in total. The van der Waals surface area contributed by atoms with Crippen LogP contribution in [-0.2, 0) is 0 Å². The maximum absolute atomic E-state index is 6.43. The molecule has 0 aliphatic heterocycles. The van der Waals surface area contributed by atoms with Gasteiger partial charge in [0.05, 0.1) is 10.3 Å².